The Hall–Kier alpha value is -1.09. The molecule has 0 spiro atoms. The van der Waals surface area contributed by atoms with Crippen LogP contribution in [0.1, 0.15) is 20.3 Å². The number of hydrogen-bond donors (Lipinski definition) is 1. The molecule has 2 aliphatic heterocycles. The van der Waals surface area contributed by atoms with Gasteiger partial charge in [-0.25, -0.2) is 0 Å². The molecule has 0 radical (unpaired) electrons. The summed E-state index contributed by atoms with van der Waals surface area (Å²) in [5.74, 6) is 1.15. The zero-order chi connectivity index (χ0) is 11.4. The molecule has 0 saturated carbocycles. The third-order valence-electron chi connectivity index (χ3n) is 3.26. The van der Waals surface area contributed by atoms with Crippen molar-refractivity contribution in [3.8, 4) is 0 Å². The average molecular weight is 219 g/mol. The lowest BCUT2D eigenvalue weighted by molar-refractivity contribution is 0.461. The quantitative estimate of drug-likeness (QED) is 0.763. The first-order valence-electron chi connectivity index (χ1n) is 6.26. The molecule has 0 aromatic heterocycles. The molecule has 0 aliphatic carbocycles. The van der Waals surface area contributed by atoms with Crippen molar-refractivity contribution in [2.24, 2.45) is 4.99 Å². The second-order valence-electron chi connectivity index (χ2n) is 4.21. The molecule has 88 valence electrons. The van der Waals surface area contributed by atoms with Gasteiger partial charge in [-0.2, -0.15) is 0 Å². The highest BCUT2D eigenvalue weighted by molar-refractivity contribution is 5.94. The van der Waals surface area contributed by atoms with Crippen LogP contribution in [-0.2, 0) is 0 Å². The van der Waals surface area contributed by atoms with E-state index in [1.807, 2.05) is 0 Å². The number of aliphatic imine (C=N–C) groups is 1. The van der Waals surface area contributed by atoms with E-state index in [-0.39, 0.29) is 0 Å². The van der Waals surface area contributed by atoms with Gasteiger partial charge in [0.2, 0.25) is 0 Å². The van der Waals surface area contributed by atoms with Gasteiger partial charge < -0.3 is 10.2 Å². The Labute approximate surface area is 97.9 Å². The fraction of sp³-hybridized carbons (Fsp3) is 0.615. The molecule has 0 bridgehead atoms. The zero-order valence-corrected chi connectivity index (χ0v) is 10.2. The average Bonchev–Trinajstić information content (AvgIpc) is 2.55. The number of fused-ring (bicyclic) bond motifs is 1. The van der Waals surface area contributed by atoms with E-state index >= 15 is 0 Å². The van der Waals surface area contributed by atoms with E-state index in [9.17, 15) is 0 Å². The standard InChI is InChI=1S/C13H21N3/c1-3-16(4-2)13-6-5-11-7-9-14-10-8-12(11)15-13/h5-7,12,14H,3-4,8-10H2,1-2H3/t12-/m0/s1. The van der Waals surface area contributed by atoms with Crippen LogP contribution in [0.2, 0.25) is 0 Å². The van der Waals surface area contributed by atoms with Crippen molar-refractivity contribution >= 4 is 5.84 Å². The van der Waals surface area contributed by atoms with Gasteiger partial charge in [0.1, 0.15) is 5.84 Å². The summed E-state index contributed by atoms with van der Waals surface area (Å²) in [6, 6.07) is 0.371. The van der Waals surface area contributed by atoms with Gasteiger partial charge in [0, 0.05) is 19.6 Å². The van der Waals surface area contributed by atoms with Crippen molar-refractivity contribution in [2.75, 3.05) is 26.2 Å². The molecule has 0 aromatic carbocycles. The maximum absolute atomic E-state index is 4.85. The van der Waals surface area contributed by atoms with Gasteiger partial charge in [0.15, 0.2) is 0 Å². The molecule has 0 fully saturated rings. The Morgan fingerprint density at radius 1 is 1.38 bits per heavy atom. The van der Waals surface area contributed by atoms with Crippen LogP contribution < -0.4 is 5.32 Å². The molecule has 0 aromatic rings. The minimum Gasteiger partial charge on any atom is -0.357 e. The predicted molar refractivity (Wildman–Crippen MR) is 68.9 cm³/mol. The summed E-state index contributed by atoms with van der Waals surface area (Å²) in [5, 5.41) is 3.38. The highest BCUT2D eigenvalue weighted by atomic mass is 15.2. The number of amidine groups is 1. The highest BCUT2D eigenvalue weighted by Gasteiger charge is 2.19. The number of rotatable bonds is 2. The lowest BCUT2D eigenvalue weighted by Gasteiger charge is -2.26. The van der Waals surface area contributed by atoms with Gasteiger partial charge in [0.25, 0.3) is 0 Å². The number of nitrogens with one attached hydrogen (secondary N) is 1. The van der Waals surface area contributed by atoms with Crippen LogP contribution in [0.3, 0.4) is 0 Å². The number of nitrogens with zero attached hydrogens (tertiary/aromatic N) is 2. The van der Waals surface area contributed by atoms with Crippen LogP contribution in [0.4, 0.5) is 0 Å². The molecule has 0 amide bonds. The van der Waals surface area contributed by atoms with E-state index in [2.05, 4.69) is 42.3 Å². The van der Waals surface area contributed by atoms with Crippen molar-refractivity contribution < 1.29 is 0 Å². The predicted octanol–water partition coefficient (Wildman–Crippen LogP) is 1.58. The Morgan fingerprint density at radius 3 is 2.94 bits per heavy atom. The summed E-state index contributed by atoms with van der Waals surface area (Å²) in [4.78, 5) is 7.16. The molecule has 1 atom stereocenters. The van der Waals surface area contributed by atoms with E-state index in [4.69, 9.17) is 4.99 Å². The first-order chi connectivity index (χ1) is 7.85. The van der Waals surface area contributed by atoms with E-state index in [0.717, 1.165) is 38.4 Å². The van der Waals surface area contributed by atoms with Crippen LogP contribution in [0, 0.1) is 0 Å². The Morgan fingerprint density at radius 2 is 2.19 bits per heavy atom. The van der Waals surface area contributed by atoms with Gasteiger partial charge in [0.05, 0.1) is 6.04 Å². The van der Waals surface area contributed by atoms with Crippen LogP contribution >= 0.6 is 0 Å². The van der Waals surface area contributed by atoms with Gasteiger partial charge in [-0.3, -0.25) is 4.99 Å². The van der Waals surface area contributed by atoms with Crippen LogP contribution in [-0.4, -0.2) is 43.0 Å². The van der Waals surface area contributed by atoms with Crippen molar-refractivity contribution in [1.29, 1.82) is 0 Å². The summed E-state index contributed by atoms with van der Waals surface area (Å²) >= 11 is 0. The maximum Gasteiger partial charge on any atom is 0.124 e. The maximum atomic E-state index is 4.85. The molecule has 0 saturated heterocycles. The van der Waals surface area contributed by atoms with E-state index < -0.39 is 0 Å². The minimum atomic E-state index is 0.371. The summed E-state index contributed by atoms with van der Waals surface area (Å²) in [6.45, 7) is 8.47. The molecular formula is C13H21N3. The van der Waals surface area contributed by atoms with Gasteiger partial charge in [-0.15, -0.1) is 0 Å². The van der Waals surface area contributed by atoms with Gasteiger partial charge >= 0.3 is 0 Å². The van der Waals surface area contributed by atoms with E-state index in [1.165, 1.54) is 5.57 Å². The summed E-state index contributed by atoms with van der Waals surface area (Å²) < 4.78 is 0. The minimum absolute atomic E-state index is 0.371. The molecule has 2 heterocycles. The van der Waals surface area contributed by atoms with Gasteiger partial charge in [-0.1, -0.05) is 12.2 Å². The summed E-state index contributed by atoms with van der Waals surface area (Å²) in [5.41, 5.74) is 1.38. The molecule has 0 unspecified atom stereocenters. The van der Waals surface area contributed by atoms with Crippen molar-refractivity contribution in [1.82, 2.24) is 10.2 Å². The first-order valence-corrected chi connectivity index (χ1v) is 6.26. The number of dihydropyridines is 1. The SMILES string of the molecule is CCN(CC)C1=N[C@H]2CCNCC=C2C=C1. The van der Waals surface area contributed by atoms with Crippen molar-refractivity contribution in [3.05, 3.63) is 23.8 Å². The second-order valence-corrected chi connectivity index (χ2v) is 4.21. The fourth-order valence-corrected chi connectivity index (χ4v) is 2.26. The van der Waals surface area contributed by atoms with Crippen LogP contribution in [0.15, 0.2) is 28.8 Å². The topological polar surface area (TPSA) is 27.6 Å². The number of hydrogen-bond acceptors (Lipinski definition) is 3. The molecule has 2 rings (SSSR count). The third-order valence-corrected chi connectivity index (χ3v) is 3.26. The molecule has 1 N–H and O–H groups in total. The van der Waals surface area contributed by atoms with Crippen LogP contribution in [0.5, 0.6) is 0 Å². The molecule has 3 heteroatoms. The van der Waals surface area contributed by atoms with Crippen LogP contribution in [0.25, 0.3) is 0 Å². The smallest absolute Gasteiger partial charge is 0.124 e. The lowest BCUT2D eigenvalue weighted by Crippen LogP contribution is -2.32. The number of likely N-dealkylation sites (N-methyl/N-ethyl adjacent to an activating group) is 1. The Balaban J connectivity index is 2.16. The highest BCUT2D eigenvalue weighted by Crippen LogP contribution is 2.19. The molecule has 3 nitrogen and oxygen atoms in total. The fourth-order valence-electron chi connectivity index (χ4n) is 2.26. The zero-order valence-electron chi connectivity index (χ0n) is 10.2. The van der Waals surface area contributed by atoms with Gasteiger partial charge in [-0.05, 0) is 38.5 Å². The lowest BCUT2D eigenvalue weighted by atomic mass is 10.0. The third kappa shape index (κ3) is 2.35. The summed E-state index contributed by atoms with van der Waals surface area (Å²) in [7, 11) is 0. The molecular weight excluding hydrogens is 198 g/mol. The second kappa shape index (κ2) is 5.30. The normalized spacial score (nSPS) is 24.2. The monoisotopic (exact) mass is 219 g/mol. The molecule has 16 heavy (non-hydrogen) atoms. The Bertz CT molecular complexity index is 324. The molecule has 2 aliphatic rings. The van der Waals surface area contributed by atoms with Crippen molar-refractivity contribution in [2.45, 2.75) is 26.3 Å². The largest absolute Gasteiger partial charge is 0.357 e. The summed E-state index contributed by atoms with van der Waals surface area (Å²) in [6.07, 6.45) is 7.76. The Kier molecular flexibility index (Phi) is 3.78. The van der Waals surface area contributed by atoms with E-state index in [0.29, 0.717) is 6.04 Å². The first kappa shape index (κ1) is 11.4. The van der Waals surface area contributed by atoms with Crippen molar-refractivity contribution in [3.63, 3.8) is 0 Å². The van der Waals surface area contributed by atoms with E-state index in [1.54, 1.807) is 0 Å².